The van der Waals surface area contributed by atoms with E-state index in [1.54, 1.807) is 6.20 Å². The molecule has 0 saturated carbocycles. The van der Waals surface area contributed by atoms with Crippen molar-refractivity contribution in [2.24, 2.45) is 5.92 Å². The van der Waals surface area contributed by atoms with Crippen molar-refractivity contribution < 1.29 is 4.79 Å². The molecule has 0 spiro atoms. The molecule has 2 atom stereocenters. The Kier molecular flexibility index (Phi) is 4.07. The van der Waals surface area contributed by atoms with Gasteiger partial charge in [-0.2, -0.15) is 0 Å². The number of hydrogen-bond acceptors (Lipinski definition) is 3. The Bertz CT molecular complexity index is 484. The van der Waals surface area contributed by atoms with Gasteiger partial charge in [-0.25, -0.2) is 4.98 Å². The van der Waals surface area contributed by atoms with Gasteiger partial charge < -0.3 is 10.1 Å². The van der Waals surface area contributed by atoms with Crippen molar-refractivity contribution >= 4 is 12.1 Å². The summed E-state index contributed by atoms with van der Waals surface area (Å²) in [6, 6.07) is 15.6. The van der Waals surface area contributed by atoms with Crippen LogP contribution < -0.4 is 5.32 Å². The summed E-state index contributed by atoms with van der Waals surface area (Å²) >= 11 is 0. The molecule has 3 nitrogen and oxygen atoms in total. The first-order valence-electron chi connectivity index (χ1n) is 5.99. The molecule has 18 heavy (non-hydrogen) atoms. The molecule has 0 bridgehead atoms. The van der Waals surface area contributed by atoms with Crippen molar-refractivity contribution in [3.8, 4) is 0 Å². The minimum Gasteiger partial charge on any atom is -0.363 e. The zero-order chi connectivity index (χ0) is 12.8. The van der Waals surface area contributed by atoms with Crippen LogP contribution in [0, 0.1) is 5.92 Å². The third kappa shape index (κ3) is 2.94. The molecule has 0 radical (unpaired) electrons. The van der Waals surface area contributed by atoms with Crippen LogP contribution in [0.4, 0.5) is 5.82 Å². The maximum atomic E-state index is 11.0. The highest BCUT2D eigenvalue weighted by molar-refractivity contribution is 5.57. The second-order valence-electron chi connectivity index (χ2n) is 4.24. The summed E-state index contributed by atoms with van der Waals surface area (Å²) in [7, 11) is 0. The van der Waals surface area contributed by atoms with Crippen molar-refractivity contribution in [2.45, 2.75) is 13.0 Å². The lowest BCUT2D eigenvalue weighted by molar-refractivity contribution is -0.111. The molecule has 0 aliphatic carbocycles. The summed E-state index contributed by atoms with van der Waals surface area (Å²) < 4.78 is 0. The lowest BCUT2D eigenvalue weighted by Crippen LogP contribution is -2.20. The lowest BCUT2D eigenvalue weighted by Gasteiger charge is -2.22. The first-order chi connectivity index (χ1) is 8.81. The number of anilines is 1. The molecule has 0 fully saturated rings. The highest BCUT2D eigenvalue weighted by Gasteiger charge is 2.18. The number of nitrogens with zero attached hydrogens (tertiary/aromatic N) is 1. The Balaban J connectivity index is 2.24. The van der Waals surface area contributed by atoms with Gasteiger partial charge in [0.2, 0.25) is 0 Å². The fourth-order valence-electron chi connectivity index (χ4n) is 1.86. The predicted molar refractivity (Wildman–Crippen MR) is 72.3 cm³/mol. The quantitative estimate of drug-likeness (QED) is 0.817. The van der Waals surface area contributed by atoms with Crippen LogP contribution in [0.25, 0.3) is 0 Å². The minimum atomic E-state index is -0.116. The number of carbonyl (C=O) groups excluding carboxylic acids is 1. The molecule has 0 amide bonds. The Labute approximate surface area is 107 Å². The maximum Gasteiger partial charge on any atom is 0.126 e. The third-order valence-corrected chi connectivity index (χ3v) is 2.87. The number of nitrogens with one attached hydrogen (secondary N) is 1. The van der Waals surface area contributed by atoms with Crippen molar-refractivity contribution in [1.82, 2.24) is 4.98 Å². The molecule has 1 aromatic heterocycles. The van der Waals surface area contributed by atoms with Gasteiger partial charge in [-0.3, -0.25) is 0 Å². The van der Waals surface area contributed by atoms with Crippen LogP contribution in [-0.2, 0) is 4.79 Å². The zero-order valence-corrected chi connectivity index (χ0v) is 10.3. The monoisotopic (exact) mass is 240 g/mol. The molecular weight excluding hydrogens is 224 g/mol. The van der Waals surface area contributed by atoms with E-state index < -0.39 is 0 Å². The molecule has 1 heterocycles. The first-order valence-corrected chi connectivity index (χ1v) is 5.99. The van der Waals surface area contributed by atoms with Crippen molar-refractivity contribution in [3.05, 3.63) is 60.3 Å². The first kappa shape index (κ1) is 12.3. The number of aldehydes is 1. The average Bonchev–Trinajstić information content (AvgIpc) is 2.46. The summed E-state index contributed by atoms with van der Waals surface area (Å²) in [4.78, 5) is 15.3. The van der Waals surface area contributed by atoms with E-state index in [1.807, 2.05) is 55.5 Å². The van der Waals surface area contributed by atoms with E-state index in [0.717, 1.165) is 17.7 Å². The Hall–Kier alpha value is -2.16. The van der Waals surface area contributed by atoms with Crippen LogP contribution in [0.15, 0.2) is 54.7 Å². The highest BCUT2D eigenvalue weighted by Crippen LogP contribution is 2.24. The van der Waals surface area contributed by atoms with E-state index >= 15 is 0 Å². The SMILES string of the molecule is CC(C=O)C(Nc1ccccn1)c1ccccc1. The average molecular weight is 240 g/mol. The fraction of sp³-hybridized carbons (Fsp3) is 0.200. The molecule has 1 aromatic carbocycles. The highest BCUT2D eigenvalue weighted by atomic mass is 16.1. The molecule has 2 rings (SSSR count). The van der Waals surface area contributed by atoms with Crippen LogP contribution in [0.1, 0.15) is 18.5 Å². The second kappa shape index (κ2) is 5.96. The van der Waals surface area contributed by atoms with Crippen molar-refractivity contribution in [2.75, 3.05) is 5.32 Å². The summed E-state index contributed by atoms with van der Waals surface area (Å²) in [5.41, 5.74) is 1.09. The van der Waals surface area contributed by atoms with Crippen LogP contribution in [0.3, 0.4) is 0 Å². The molecule has 2 aromatic rings. The van der Waals surface area contributed by atoms with Gasteiger partial charge in [0, 0.05) is 12.1 Å². The summed E-state index contributed by atoms with van der Waals surface area (Å²) in [5, 5.41) is 3.30. The number of aromatic nitrogens is 1. The smallest absolute Gasteiger partial charge is 0.126 e. The predicted octanol–water partition coefficient (Wildman–Crippen LogP) is 3.07. The Morgan fingerprint density at radius 2 is 1.83 bits per heavy atom. The number of pyridine rings is 1. The van der Waals surface area contributed by atoms with Gasteiger partial charge in [0.15, 0.2) is 0 Å². The van der Waals surface area contributed by atoms with Crippen molar-refractivity contribution in [3.63, 3.8) is 0 Å². The second-order valence-corrected chi connectivity index (χ2v) is 4.24. The van der Waals surface area contributed by atoms with E-state index in [2.05, 4.69) is 10.3 Å². The largest absolute Gasteiger partial charge is 0.363 e. The van der Waals surface area contributed by atoms with Gasteiger partial charge in [0.1, 0.15) is 12.1 Å². The van der Waals surface area contributed by atoms with E-state index in [-0.39, 0.29) is 12.0 Å². The minimum absolute atomic E-state index is 0.0569. The van der Waals surface area contributed by atoms with Gasteiger partial charge in [-0.1, -0.05) is 43.3 Å². The normalized spacial score (nSPS) is 13.6. The number of benzene rings is 1. The van der Waals surface area contributed by atoms with Gasteiger partial charge in [0.05, 0.1) is 6.04 Å². The van der Waals surface area contributed by atoms with E-state index in [0.29, 0.717) is 0 Å². The molecular formula is C15H16N2O. The van der Waals surface area contributed by atoms with Gasteiger partial charge in [-0.05, 0) is 17.7 Å². The topological polar surface area (TPSA) is 42.0 Å². The van der Waals surface area contributed by atoms with Crippen molar-refractivity contribution in [1.29, 1.82) is 0 Å². The van der Waals surface area contributed by atoms with Gasteiger partial charge in [-0.15, -0.1) is 0 Å². The molecule has 92 valence electrons. The fourth-order valence-corrected chi connectivity index (χ4v) is 1.86. The van der Waals surface area contributed by atoms with Crippen LogP contribution in [0.2, 0.25) is 0 Å². The number of carbonyl (C=O) groups is 1. The summed E-state index contributed by atoms with van der Waals surface area (Å²) in [6.07, 6.45) is 2.70. The number of rotatable bonds is 5. The molecule has 0 saturated heterocycles. The summed E-state index contributed by atoms with van der Waals surface area (Å²) in [5.74, 6) is 0.662. The molecule has 0 aliphatic rings. The van der Waals surface area contributed by atoms with E-state index in [9.17, 15) is 4.79 Å². The molecule has 1 N–H and O–H groups in total. The van der Waals surface area contributed by atoms with Crippen LogP contribution >= 0.6 is 0 Å². The molecule has 3 heteroatoms. The molecule has 0 aliphatic heterocycles. The summed E-state index contributed by atoms with van der Waals surface area (Å²) in [6.45, 7) is 1.90. The lowest BCUT2D eigenvalue weighted by atomic mass is 9.95. The van der Waals surface area contributed by atoms with Crippen LogP contribution in [-0.4, -0.2) is 11.3 Å². The zero-order valence-electron chi connectivity index (χ0n) is 10.3. The Morgan fingerprint density at radius 3 is 2.44 bits per heavy atom. The third-order valence-electron chi connectivity index (χ3n) is 2.87. The molecule has 2 unspecified atom stereocenters. The maximum absolute atomic E-state index is 11.0. The Morgan fingerprint density at radius 1 is 1.11 bits per heavy atom. The van der Waals surface area contributed by atoms with Crippen LogP contribution in [0.5, 0.6) is 0 Å². The van der Waals surface area contributed by atoms with E-state index in [1.165, 1.54) is 0 Å². The van der Waals surface area contributed by atoms with Gasteiger partial charge >= 0.3 is 0 Å². The van der Waals surface area contributed by atoms with E-state index in [4.69, 9.17) is 0 Å². The number of hydrogen-bond donors (Lipinski definition) is 1. The van der Waals surface area contributed by atoms with Gasteiger partial charge in [0.25, 0.3) is 0 Å². The standard InChI is InChI=1S/C15H16N2O/c1-12(11-18)15(13-7-3-2-4-8-13)17-14-9-5-6-10-16-14/h2-12,15H,1H3,(H,16,17).